The number of nitrogens with one attached hydrogen (secondary N) is 2. The van der Waals surface area contributed by atoms with Gasteiger partial charge in [0.2, 0.25) is 11.9 Å². The van der Waals surface area contributed by atoms with Crippen molar-refractivity contribution in [2.24, 2.45) is 14.1 Å². The van der Waals surface area contributed by atoms with E-state index in [2.05, 4.69) is 61.4 Å². The number of hydrogen-bond donors (Lipinski definition) is 2. The Morgan fingerprint density at radius 1 is 0.605 bits per heavy atom. The summed E-state index contributed by atoms with van der Waals surface area (Å²) in [5.74, 6) is 0.173. The van der Waals surface area contributed by atoms with Crippen molar-refractivity contribution in [3.63, 3.8) is 0 Å². The minimum atomic E-state index is -4.68. The van der Waals surface area contributed by atoms with Crippen molar-refractivity contribution < 1.29 is 64.2 Å². The second-order valence-electron chi connectivity index (χ2n) is 20.4. The van der Waals surface area contributed by atoms with Crippen molar-refractivity contribution in [3.8, 4) is 34.3 Å². The van der Waals surface area contributed by atoms with Gasteiger partial charge in [0.1, 0.15) is 22.6 Å². The van der Waals surface area contributed by atoms with Gasteiger partial charge in [0.15, 0.2) is 23.0 Å². The summed E-state index contributed by atoms with van der Waals surface area (Å²) in [5, 5.41) is 13.4. The van der Waals surface area contributed by atoms with Crippen LogP contribution in [0.5, 0.6) is 11.5 Å². The number of methoxy groups -OCH3 is 4. The topological polar surface area (TPSA) is 245 Å². The molecule has 7 heterocycles. The molecule has 0 saturated carbocycles. The number of alkyl halides is 6. The van der Waals surface area contributed by atoms with Crippen LogP contribution < -0.4 is 36.7 Å². The highest BCUT2D eigenvalue weighted by atomic mass is 79.9. The zero-order chi connectivity index (χ0) is 63.5. The van der Waals surface area contributed by atoms with E-state index >= 15 is 0 Å². The Balaban J connectivity index is 0.000000194. The standard InChI is InChI=1S/C25H23F3N6O4.C17H15BrF3N5O.C14H20BNO5/c1-13-6-16(10-17(7-13)37-4)30-24-29-11-19(15-9-18(23(36)38-5)22(35)33(3)12-15)21(31-24)34-14(2)8-20(32-34)25(26,27)28;1-9-4-11(7-12(5-9)27-3)23-16-22-8-13(18)15(24-16)26-10(2)6-14(25-26)17(19,20)21;1-13(2)14(3,4)21-15(20-13)9-7-10(12(18)19-6)11(17)16(5)8-9/h6-12H,1-5H3,(H,29,30,31);4-8H,1-3H3,(H,22,23,24);7-8H,1-6H3. The lowest BCUT2D eigenvalue weighted by atomic mass is 9.79. The fourth-order valence-electron chi connectivity index (χ4n) is 8.37. The fourth-order valence-corrected chi connectivity index (χ4v) is 8.73. The Labute approximate surface area is 496 Å². The van der Waals surface area contributed by atoms with Crippen LogP contribution in [0.2, 0.25) is 0 Å². The molecule has 0 aliphatic carbocycles. The Kier molecular flexibility index (Phi) is 19.1. The van der Waals surface area contributed by atoms with Gasteiger partial charge in [-0.15, -0.1) is 0 Å². The molecule has 0 atom stereocenters. The molecule has 6 aromatic heterocycles. The highest BCUT2D eigenvalue weighted by Crippen LogP contribution is 2.37. The number of carbonyl (C=O) groups excluding carboxylic acids is 2. The molecule has 0 bridgehead atoms. The van der Waals surface area contributed by atoms with E-state index in [0.29, 0.717) is 38.5 Å². The SMILES string of the molecule is COC(=O)c1cc(-c2cnc(Nc3cc(C)cc(OC)c3)nc2-n2nc(C(F)(F)F)cc2C)cn(C)c1=O.COC(=O)c1cc(B2OC(C)(C)C(C)(C)O2)cn(C)c1=O.COc1cc(C)cc(Nc2ncc(Br)c(-n3nc(C(F)(F)F)cc3C)n2)c1. The number of anilines is 4. The van der Waals surface area contributed by atoms with Gasteiger partial charge >= 0.3 is 31.4 Å². The van der Waals surface area contributed by atoms with Crippen molar-refractivity contribution >= 4 is 63.7 Å². The van der Waals surface area contributed by atoms with Crippen molar-refractivity contribution in [3.05, 3.63) is 156 Å². The summed E-state index contributed by atoms with van der Waals surface area (Å²) in [5.41, 5.74) is 0.310. The lowest BCUT2D eigenvalue weighted by molar-refractivity contribution is -0.142. The number of carbonyl (C=O) groups is 2. The van der Waals surface area contributed by atoms with Crippen LogP contribution >= 0.6 is 15.9 Å². The van der Waals surface area contributed by atoms with E-state index in [-0.39, 0.29) is 51.5 Å². The van der Waals surface area contributed by atoms with E-state index in [1.165, 1.54) is 70.4 Å². The lowest BCUT2D eigenvalue weighted by Gasteiger charge is -2.32. The van der Waals surface area contributed by atoms with E-state index in [1.54, 1.807) is 32.5 Å². The predicted molar refractivity (Wildman–Crippen MR) is 308 cm³/mol. The number of nitrogens with zero attached hydrogens (tertiary/aromatic N) is 10. The molecule has 9 rings (SSSR count). The smallest absolute Gasteiger partial charge is 0.496 e. The van der Waals surface area contributed by atoms with E-state index < -0.39 is 65.1 Å². The second-order valence-corrected chi connectivity index (χ2v) is 21.3. The van der Waals surface area contributed by atoms with Gasteiger partial charge in [-0.25, -0.2) is 28.9 Å². The van der Waals surface area contributed by atoms with Crippen LogP contribution in [0.4, 0.5) is 49.6 Å². The normalized spacial score (nSPS) is 13.4. The first-order valence-corrected chi connectivity index (χ1v) is 26.4. The molecule has 22 nitrogen and oxygen atoms in total. The summed E-state index contributed by atoms with van der Waals surface area (Å²) in [6.45, 7) is 14.5. The molecule has 30 heteroatoms. The van der Waals surface area contributed by atoms with Crippen LogP contribution in [0.1, 0.15) is 82.3 Å². The number of aromatic nitrogens is 10. The van der Waals surface area contributed by atoms with Crippen LogP contribution in [-0.2, 0) is 45.2 Å². The maximum atomic E-state index is 13.5. The molecule has 0 spiro atoms. The number of pyridine rings is 2. The first-order valence-electron chi connectivity index (χ1n) is 25.6. The van der Waals surface area contributed by atoms with E-state index in [0.717, 1.165) is 44.3 Å². The average Bonchev–Trinajstić information content (AvgIpc) is 1.76. The third-order valence-electron chi connectivity index (χ3n) is 13.4. The van der Waals surface area contributed by atoms with Crippen LogP contribution in [0.15, 0.2) is 99.5 Å². The molecule has 1 saturated heterocycles. The number of benzene rings is 2. The number of hydrogen-bond acceptors (Lipinski definition) is 18. The molecule has 2 N–H and O–H groups in total. The predicted octanol–water partition coefficient (Wildman–Crippen LogP) is 9.49. The van der Waals surface area contributed by atoms with Gasteiger partial charge in [-0.2, -0.15) is 46.5 Å². The molecular formula is C56H58BBrF6N12O10. The van der Waals surface area contributed by atoms with Crippen molar-refractivity contribution in [1.29, 1.82) is 0 Å². The third kappa shape index (κ3) is 14.6. The summed E-state index contributed by atoms with van der Waals surface area (Å²) in [7, 11) is 7.83. The number of aryl methyl sites for hydroxylation is 6. The average molecular weight is 1260 g/mol. The summed E-state index contributed by atoms with van der Waals surface area (Å²) in [6.07, 6.45) is -3.37. The molecular weight excluding hydrogens is 1210 g/mol. The summed E-state index contributed by atoms with van der Waals surface area (Å²) in [6, 6.07) is 15.5. The van der Waals surface area contributed by atoms with E-state index in [1.807, 2.05) is 65.8 Å². The van der Waals surface area contributed by atoms with Gasteiger partial charge in [-0.3, -0.25) is 9.59 Å². The molecule has 1 fully saturated rings. The first-order chi connectivity index (χ1) is 40.2. The second kappa shape index (κ2) is 25.4. The summed E-state index contributed by atoms with van der Waals surface area (Å²) in [4.78, 5) is 65.6. The summed E-state index contributed by atoms with van der Waals surface area (Å²) >= 11 is 3.27. The Morgan fingerprint density at radius 2 is 1.03 bits per heavy atom. The maximum Gasteiger partial charge on any atom is 0.496 e. The first kappa shape index (κ1) is 64.7. The molecule has 0 radical (unpaired) electrons. The molecule has 2 aromatic carbocycles. The highest BCUT2D eigenvalue weighted by Gasteiger charge is 2.52. The monoisotopic (exact) mass is 1260 g/mol. The minimum Gasteiger partial charge on any atom is -0.497 e. The zero-order valence-corrected chi connectivity index (χ0v) is 50.4. The molecule has 86 heavy (non-hydrogen) atoms. The van der Waals surface area contributed by atoms with Crippen LogP contribution in [0.25, 0.3) is 22.8 Å². The lowest BCUT2D eigenvalue weighted by Crippen LogP contribution is -2.41. The van der Waals surface area contributed by atoms with Gasteiger partial charge in [-0.05, 0) is 136 Å². The fraction of sp³-hybridized carbons (Fsp3) is 0.321. The van der Waals surface area contributed by atoms with Gasteiger partial charge in [0.05, 0.1) is 44.1 Å². The Bertz CT molecular complexity index is 3980. The number of esters is 2. The van der Waals surface area contributed by atoms with Crippen molar-refractivity contribution in [2.45, 2.75) is 78.9 Å². The maximum absolute atomic E-state index is 13.5. The Hall–Kier alpha value is -8.90. The van der Waals surface area contributed by atoms with E-state index in [9.17, 15) is 45.5 Å². The zero-order valence-electron chi connectivity index (χ0n) is 48.9. The molecule has 0 amide bonds. The summed E-state index contributed by atoms with van der Waals surface area (Å²) < 4.78 is 116. The number of halogens is 7. The van der Waals surface area contributed by atoms with Gasteiger partial charge in [0.25, 0.3) is 11.1 Å². The van der Waals surface area contributed by atoms with Gasteiger partial charge in [-0.1, -0.05) is 0 Å². The van der Waals surface area contributed by atoms with Crippen LogP contribution in [0.3, 0.4) is 0 Å². The molecule has 8 aromatic rings. The van der Waals surface area contributed by atoms with E-state index in [4.69, 9.17) is 23.5 Å². The molecule has 1 aliphatic rings. The molecule has 0 unspecified atom stereocenters. The largest absolute Gasteiger partial charge is 0.497 e. The molecule has 454 valence electrons. The number of rotatable bonds is 12. The third-order valence-corrected chi connectivity index (χ3v) is 13.9. The van der Waals surface area contributed by atoms with Crippen molar-refractivity contribution in [2.75, 3.05) is 39.1 Å². The highest BCUT2D eigenvalue weighted by molar-refractivity contribution is 9.10. The quantitative estimate of drug-likeness (QED) is 0.0657. The van der Waals surface area contributed by atoms with Gasteiger partial charge < -0.3 is 48.0 Å². The Morgan fingerprint density at radius 3 is 1.48 bits per heavy atom. The molecule has 1 aliphatic heterocycles. The van der Waals surface area contributed by atoms with Crippen LogP contribution in [0, 0.1) is 27.7 Å². The van der Waals surface area contributed by atoms with Gasteiger partial charge in [0, 0.05) is 84.9 Å². The van der Waals surface area contributed by atoms with Crippen LogP contribution in [-0.4, -0.2) is 107 Å². The minimum absolute atomic E-state index is 0.00965. The number of ether oxygens (including phenoxy) is 4. The van der Waals surface area contributed by atoms with Crippen molar-refractivity contribution in [1.82, 2.24) is 48.6 Å².